The lowest BCUT2D eigenvalue weighted by Gasteiger charge is -2.43. The molecule has 5 atom stereocenters. The number of hydrogen-bond donors (Lipinski definition) is 1. The minimum atomic E-state index is -5.07. The number of carbonyl (C=O) groups is 1. The summed E-state index contributed by atoms with van der Waals surface area (Å²) in [4.78, 5) is 10.8. The second-order valence-corrected chi connectivity index (χ2v) is 4.75. The van der Waals surface area contributed by atoms with E-state index in [-0.39, 0.29) is 0 Å². The van der Waals surface area contributed by atoms with Crippen LogP contribution in [0.15, 0.2) is 0 Å². The van der Waals surface area contributed by atoms with Gasteiger partial charge in [0, 0.05) is 7.11 Å². The van der Waals surface area contributed by atoms with Gasteiger partial charge in [-0.3, -0.25) is 4.18 Å². The summed E-state index contributed by atoms with van der Waals surface area (Å²) < 4.78 is 45.2. The topological polar surface area (TPSA) is 145 Å². The molecule has 2 unspecified atom stereocenters. The number of methoxy groups -OCH3 is 1. The Bertz CT molecular complexity index is 405. The molecule has 1 aliphatic heterocycles. The average Bonchev–Trinajstić information content (AvgIpc) is 2.22. The summed E-state index contributed by atoms with van der Waals surface area (Å²) in [6, 6.07) is 0. The molecule has 0 aromatic rings. The first-order valence-electron chi connectivity index (χ1n) is 4.88. The molecule has 0 saturated carbocycles. The van der Waals surface area contributed by atoms with E-state index in [0.717, 1.165) is 7.11 Å². The van der Waals surface area contributed by atoms with Crippen LogP contribution in [-0.4, -0.2) is 61.7 Å². The van der Waals surface area contributed by atoms with E-state index in [1.165, 1.54) is 6.92 Å². The molecule has 9 nitrogen and oxygen atoms in total. The monoisotopic (exact) mass is 284 g/mol. The standard InChI is InChI=1S/C8H14O9S/c1-3-5(17-18(12,13)14)4(9)6(15-2)7(16-3)8(10)11/h3-7,9H,1-2H3,(H,10,11)(H,12,13,14)/p-2/t3-,4+,5?,6-,7?/m0/s1. The molecule has 0 spiro atoms. The van der Waals surface area contributed by atoms with Gasteiger partial charge in [-0.2, -0.15) is 0 Å². The number of aliphatic hydroxyl groups is 1. The molecular formula is C8H12O9S-2. The van der Waals surface area contributed by atoms with Crippen molar-refractivity contribution >= 4 is 16.4 Å². The maximum atomic E-state index is 10.8. The lowest BCUT2D eigenvalue weighted by molar-refractivity contribution is -0.332. The fraction of sp³-hybridized carbons (Fsp3) is 0.875. The van der Waals surface area contributed by atoms with Crippen LogP contribution in [0, 0.1) is 0 Å². The van der Waals surface area contributed by atoms with Crippen LogP contribution in [-0.2, 0) is 28.9 Å². The molecule has 0 aromatic heterocycles. The second-order valence-electron chi connectivity index (χ2n) is 3.74. The molecule has 1 saturated heterocycles. The van der Waals surface area contributed by atoms with Gasteiger partial charge in [-0.1, -0.05) is 0 Å². The van der Waals surface area contributed by atoms with E-state index in [1.54, 1.807) is 0 Å². The number of rotatable bonds is 4. The zero-order valence-electron chi connectivity index (χ0n) is 9.51. The highest BCUT2D eigenvalue weighted by Crippen LogP contribution is 2.25. The highest BCUT2D eigenvalue weighted by atomic mass is 32.3. The quantitative estimate of drug-likeness (QED) is 0.415. The molecular weight excluding hydrogens is 272 g/mol. The van der Waals surface area contributed by atoms with E-state index >= 15 is 0 Å². The minimum Gasteiger partial charge on any atom is -0.726 e. The van der Waals surface area contributed by atoms with E-state index in [2.05, 4.69) is 4.18 Å². The summed E-state index contributed by atoms with van der Waals surface area (Å²) in [6.07, 6.45) is -7.34. The van der Waals surface area contributed by atoms with Gasteiger partial charge in [0.15, 0.2) is 0 Å². The maximum absolute atomic E-state index is 10.8. The van der Waals surface area contributed by atoms with Gasteiger partial charge in [-0.25, -0.2) is 8.42 Å². The second kappa shape index (κ2) is 5.47. The van der Waals surface area contributed by atoms with Crippen LogP contribution in [0.1, 0.15) is 6.92 Å². The van der Waals surface area contributed by atoms with E-state index in [1.807, 2.05) is 0 Å². The Morgan fingerprint density at radius 3 is 2.33 bits per heavy atom. The molecule has 106 valence electrons. The summed E-state index contributed by atoms with van der Waals surface area (Å²) in [6.45, 7) is 1.25. The van der Waals surface area contributed by atoms with Gasteiger partial charge in [-0.15, -0.1) is 0 Å². The van der Waals surface area contributed by atoms with Crippen molar-refractivity contribution in [2.24, 2.45) is 0 Å². The lowest BCUT2D eigenvalue weighted by atomic mass is 9.95. The largest absolute Gasteiger partial charge is 0.726 e. The van der Waals surface area contributed by atoms with Gasteiger partial charge in [0.05, 0.1) is 12.1 Å². The summed E-state index contributed by atoms with van der Waals surface area (Å²) in [7, 11) is -3.98. The smallest absolute Gasteiger partial charge is 0.218 e. The van der Waals surface area contributed by atoms with E-state index in [4.69, 9.17) is 9.47 Å². The molecule has 10 heteroatoms. The number of aliphatic carboxylic acids is 1. The van der Waals surface area contributed by atoms with E-state index in [0.29, 0.717) is 0 Å². The van der Waals surface area contributed by atoms with Crippen LogP contribution in [0.5, 0.6) is 0 Å². The van der Waals surface area contributed by atoms with Crippen LogP contribution < -0.4 is 5.11 Å². The molecule has 1 N–H and O–H groups in total. The predicted octanol–water partition coefficient (Wildman–Crippen LogP) is -3.26. The molecule has 1 fully saturated rings. The average molecular weight is 284 g/mol. The van der Waals surface area contributed by atoms with Crippen LogP contribution >= 0.6 is 0 Å². The van der Waals surface area contributed by atoms with Gasteiger partial charge >= 0.3 is 0 Å². The van der Waals surface area contributed by atoms with Crippen molar-refractivity contribution in [2.75, 3.05) is 7.11 Å². The first-order valence-corrected chi connectivity index (χ1v) is 6.22. The number of hydrogen-bond acceptors (Lipinski definition) is 9. The Kier molecular flexibility index (Phi) is 4.64. The van der Waals surface area contributed by atoms with Crippen molar-refractivity contribution in [1.29, 1.82) is 0 Å². The SMILES string of the molecule is CO[C@@H]1C(C(=O)[O-])O[C@@H](C)C(OS(=O)(=O)[O-])[C@H]1O. The normalized spacial score (nSPS) is 37.4. The Labute approximate surface area is 103 Å². The zero-order valence-corrected chi connectivity index (χ0v) is 10.3. The molecule has 1 heterocycles. The van der Waals surface area contributed by atoms with Crippen molar-refractivity contribution in [3.63, 3.8) is 0 Å². The highest BCUT2D eigenvalue weighted by molar-refractivity contribution is 7.80. The van der Waals surface area contributed by atoms with Crippen molar-refractivity contribution in [3.05, 3.63) is 0 Å². The van der Waals surface area contributed by atoms with Crippen molar-refractivity contribution in [3.8, 4) is 0 Å². The van der Waals surface area contributed by atoms with Crippen LogP contribution in [0.3, 0.4) is 0 Å². The minimum absolute atomic E-state index is 1.09. The van der Waals surface area contributed by atoms with Gasteiger partial charge < -0.3 is 29.0 Å². The molecule has 0 bridgehead atoms. The first kappa shape index (κ1) is 15.3. The molecule has 0 radical (unpaired) electrons. The molecule has 1 rings (SSSR count). The summed E-state index contributed by atoms with van der Waals surface area (Å²) in [5, 5.41) is 20.5. The number of carboxylic acid groups (broad SMARTS) is 1. The van der Waals surface area contributed by atoms with E-state index in [9.17, 15) is 28.0 Å². The Morgan fingerprint density at radius 1 is 1.39 bits per heavy atom. The number of ether oxygens (including phenoxy) is 2. The highest BCUT2D eigenvalue weighted by Gasteiger charge is 2.46. The number of carboxylic acids is 1. The van der Waals surface area contributed by atoms with Crippen LogP contribution in [0.25, 0.3) is 0 Å². The van der Waals surface area contributed by atoms with Crippen LogP contribution in [0.2, 0.25) is 0 Å². The Morgan fingerprint density at radius 2 is 1.94 bits per heavy atom. The fourth-order valence-electron chi connectivity index (χ4n) is 1.75. The van der Waals surface area contributed by atoms with Gasteiger partial charge in [-0.05, 0) is 6.92 Å². The predicted molar refractivity (Wildman–Crippen MR) is 50.7 cm³/mol. The molecule has 0 aliphatic carbocycles. The Balaban J connectivity index is 2.94. The summed E-state index contributed by atoms with van der Waals surface area (Å²) >= 11 is 0. The third kappa shape index (κ3) is 3.37. The Hall–Kier alpha value is -0.780. The van der Waals surface area contributed by atoms with Crippen molar-refractivity contribution in [2.45, 2.75) is 37.4 Å². The molecule has 0 aromatic carbocycles. The van der Waals surface area contributed by atoms with Gasteiger partial charge in [0.2, 0.25) is 10.4 Å². The fourth-order valence-corrected chi connectivity index (χ4v) is 2.30. The molecule has 18 heavy (non-hydrogen) atoms. The van der Waals surface area contributed by atoms with Gasteiger partial charge in [0.1, 0.15) is 24.4 Å². The third-order valence-corrected chi connectivity index (χ3v) is 2.99. The third-order valence-electron chi connectivity index (χ3n) is 2.53. The van der Waals surface area contributed by atoms with Crippen LogP contribution in [0.4, 0.5) is 0 Å². The summed E-state index contributed by atoms with van der Waals surface area (Å²) in [5.74, 6) is -1.63. The van der Waals surface area contributed by atoms with Gasteiger partial charge in [0.25, 0.3) is 0 Å². The number of aliphatic hydroxyl groups excluding tert-OH is 1. The van der Waals surface area contributed by atoms with E-state index < -0.39 is 46.9 Å². The molecule has 1 aliphatic rings. The number of carbonyl (C=O) groups excluding carboxylic acids is 1. The maximum Gasteiger partial charge on any atom is 0.218 e. The molecule has 0 amide bonds. The van der Waals surface area contributed by atoms with Crippen molar-refractivity contribution in [1.82, 2.24) is 0 Å². The lowest BCUT2D eigenvalue weighted by Crippen LogP contribution is -2.62. The first-order chi connectivity index (χ1) is 8.17. The van der Waals surface area contributed by atoms with Crippen molar-refractivity contribution < 1.29 is 41.6 Å². The summed E-state index contributed by atoms with van der Waals surface area (Å²) in [5.41, 5.74) is 0. The zero-order chi connectivity index (χ0) is 14.1.